The molecule has 2 saturated carbocycles. The number of amides is 3. The molecule has 2 heterocycles. The summed E-state index contributed by atoms with van der Waals surface area (Å²) in [6.45, 7) is 0. The molecular weight excluding hydrogens is 464 g/mol. The molecule has 0 radical (unpaired) electrons. The van der Waals surface area contributed by atoms with Gasteiger partial charge in [-0.25, -0.2) is 4.79 Å². The molecule has 3 unspecified atom stereocenters. The monoisotopic (exact) mass is 496 g/mol. The second-order valence-corrected chi connectivity index (χ2v) is 10.4. The van der Waals surface area contributed by atoms with Crippen LogP contribution in [0.4, 0.5) is 0 Å². The first-order valence-corrected chi connectivity index (χ1v) is 12.6. The van der Waals surface area contributed by atoms with Crippen molar-refractivity contribution in [2.75, 3.05) is 7.11 Å². The summed E-state index contributed by atoms with van der Waals surface area (Å²) in [5, 5.41) is 18.9. The zero-order valence-corrected chi connectivity index (χ0v) is 20.3. The number of hydrogen-bond donors (Lipinski definition) is 5. The van der Waals surface area contributed by atoms with Crippen molar-refractivity contribution >= 4 is 34.6 Å². The van der Waals surface area contributed by atoms with Gasteiger partial charge in [-0.15, -0.1) is 0 Å². The first-order valence-electron chi connectivity index (χ1n) is 12.6. The van der Waals surface area contributed by atoms with Gasteiger partial charge in [-0.3, -0.25) is 14.4 Å². The predicted molar refractivity (Wildman–Crippen MR) is 130 cm³/mol. The third-order valence-electron chi connectivity index (χ3n) is 7.70. The summed E-state index contributed by atoms with van der Waals surface area (Å²) in [6.07, 6.45) is 5.77. The maximum absolute atomic E-state index is 13.2. The number of aliphatic carboxylic acids is 1. The van der Waals surface area contributed by atoms with E-state index >= 15 is 0 Å². The number of nitrogens with one attached hydrogen (secondary N) is 4. The van der Waals surface area contributed by atoms with Crippen LogP contribution in [-0.2, 0) is 14.4 Å². The first kappa shape index (κ1) is 24.1. The molecule has 3 fully saturated rings. The maximum atomic E-state index is 13.2. The van der Waals surface area contributed by atoms with Crippen LogP contribution >= 0.6 is 0 Å². The van der Waals surface area contributed by atoms with E-state index in [1.165, 1.54) is 0 Å². The van der Waals surface area contributed by atoms with Crippen molar-refractivity contribution in [2.45, 2.75) is 69.0 Å². The van der Waals surface area contributed by atoms with E-state index in [-0.39, 0.29) is 23.6 Å². The number of aromatic amines is 1. The molecule has 1 aromatic heterocycles. The van der Waals surface area contributed by atoms with Gasteiger partial charge in [0.15, 0.2) is 0 Å². The Bertz CT molecular complexity index is 1200. The molecule has 5 rings (SSSR count). The summed E-state index contributed by atoms with van der Waals surface area (Å²) in [4.78, 5) is 53.8. The van der Waals surface area contributed by atoms with Crippen LogP contribution < -0.4 is 20.7 Å². The van der Waals surface area contributed by atoms with Crippen molar-refractivity contribution in [2.24, 2.45) is 11.8 Å². The summed E-state index contributed by atoms with van der Waals surface area (Å²) in [5.41, 5.74) is 0.931. The Morgan fingerprint density at radius 1 is 1.11 bits per heavy atom. The van der Waals surface area contributed by atoms with Crippen LogP contribution in [0.25, 0.3) is 10.9 Å². The molecule has 1 spiro atoms. The van der Waals surface area contributed by atoms with E-state index in [1.807, 2.05) is 12.1 Å². The number of ether oxygens (including phenoxy) is 1. The van der Waals surface area contributed by atoms with Gasteiger partial charge in [0.1, 0.15) is 23.5 Å². The Morgan fingerprint density at radius 3 is 2.53 bits per heavy atom. The number of hydrogen-bond acceptors (Lipinski definition) is 5. The van der Waals surface area contributed by atoms with Crippen molar-refractivity contribution in [1.29, 1.82) is 0 Å². The number of carboxylic acid groups (broad SMARTS) is 1. The van der Waals surface area contributed by atoms with Crippen LogP contribution in [0, 0.1) is 11.8 Å². The minimum atomic E-state index is -1.21. The molecule has 2 aromatic rings. The summed E-state index contributed by atoms with van der Waals surface area (Å²) in [5.74, 6) is -1.87. The lowest BCUT2D eigenvalue weighted by Gasteiger charge is -2.31. The van der Waals surface area contributed by atoms with Gasteiger partial charge in [0.05, 0.1) is 7.11 Å². The summed E-state index contributed by atoms with van der Waals surface area (Å²) in [7, 11) is 1.55. The van der Waals surface area contributed by atoms with Gasteiger partial charge < -0.3 is 30.8 Å². The molecule has 2 aliphatic carbocycles. The maximum Gasteiger partial charge on any atom is 0.326 e. The highest BCUT2D eigenvalue weighted by Crippen LogP contribution is 2.44. The molecule has 1 aromatic carbocycles. The molecule has 36 heavy (non-hydrogen) atoms. The van der Waals surface area contributed by atoms with E-state index < -0.39 is 35.8 Å². The molecule has 1 aliphatic heterocycles. The van der Waals surface area contributed by atoms with Crippen molar-refractivity contribution in [1.82, 2.24) is 20.9 Å². The average Bonchev–Trinajstić information content (AvgIpc) is 3.77. The second-order valence-electron chi connectivity index (χ2n) is 10.4. The van der Waals surface area contributed by atoms with Gasteiger partial charge in [0, 0.05) is 22.4 Å². The molecule has 192 valence electrons. The van der Waals surface area contributed by atoms with Gasteiger partial charge in [-0.05, 0) is 62.6 Å². The van der Waals surface area contributed by atoms with E-state index in [4.69, 9.17) is 4.74 Å². The van der Waals surface area contributed by atoms with Gasteiger partial charge in [0.25, 0.3) is 5.91 Å². The zero-order valence-electron chi connectivity index (χ0n) is 20.3. The fourth-order valence-corrected chi connectivity index (χ4v) is 5.12. The number of methoxy groups -OCH3 is 1. The van der Waals surface area contributed by atoms with Crippen LogP contribution in [0.2, 0.25) is 0 Å². The van der Waals surface area contributed by atoms with Gasteiger partial charge in [0.2, 0.25) is 11.8 Å². The van der Waals surface area contributed by atoms with Gasteiger partial charge in [-0.2, -0.15) is 0 Å². The van der Waals surface area contributed by atoms with E-state index in [2.05, 4.69) is 20.9 Å². The number of H-pyrrole nitrogens is 1. The Labute approximate surface area is 208 Å². The highest BCUT2D eigenvalue weighted by Gasteiger charge is 2.48. The highest BCUT2D eigenvalue weighted by atomic mass is 16.5. The minimum absolute atomic E-state index is 0.0227. The topological polar surface area (TPSA) is 150 Å². The Kier molecular flexibility index (Phi) is 6.36. The lowest BCUT2D eigenvalue weighted by Crippen LogP contribution is -2.54. The van der Waals surface area contributed by atoms with E-state index in [9.17, 15) is 24.3 Å². The zero-order chi connectivity index (χ0) is 25.4. The summed E-state index contributed by atoms with van der Waals surface area (Å²) in [6, 6.07) is 5.01. The molecule has 3 atom stereocenters. The number of benzene rings is 1. The fraction of sp³-hybridized carbons (Fsp3) is 0.538. The second kappa shape index (κ2) is 9.48. The van der Waals surface area contributed by atoms with Gasteiger partial charge in [-0.1, -0.05) is 18.9 Å². The first-order chi connectivity index (χ1) is 17.3. The number of carbonyl (C=O) groups is 4. The SMILES string of the molecule is COc1cccc2[nH]c(C(=O)NC(CC3CC3)C(=O)NC(CC3CCC4(CC4)NC3=O)C(=O)O)cc12. The Balaban J connectivity index is 1.26. The number of carboxylic acids is 1. The standard InChI is InChI=1S/C26H32N4O6/c1-36-21-4-2-3-17-16(21)13-19(27-17)24(33)28-18(11-14-5-6-14)23(32)29-20(25(34)35)12-15-7-8-26(9-10-26)30-22(15)31/h2-4,13-15,18,20,27H,5-12H2,1H3,(H,28,33)(H,29,32)(H,30,31)(H,34,35). The smallest absolute Gasteiger partial charge is 0.326 e. The predicted octanol–water partition coefficient (Wildman–Crippen LogP) is 2.09. The lowest BCUT2D eigenvalue weighted by molar-refractivity contribution is -0.143. The van der Waals surface area contributed by atoms with Crippen LogP contribution in [0.3, 0.4) is 0 Å². The molecule has 3 aliphatic rings. The largest absolute Gasteiger partial charge is 0.496 e. The molecule has 10 heteroatoms. The van der Waals surface area contributed by atoms with Crippen LogP contribution in [-0.4, -0.2) is 58.5 Å². The molecule has 10 nitrogen and oxygen atoms in total. The van der Waals surface area contributed by atoms with Crippen LogP contribution in [0.15, 0.2) is 24.3 Å². The number of rotatable bonds is 10. The number of carbonyl (C=O) groups excluding carboxylic acids is 3. The molecule has 0 bridgehead atoms. The Morgan fingerprint density at radius 2 is 1.89 bits per heavy atom. The average molecular weight is 497 g/mol. The van der Waals surface area contributed by atoms with Crippen molar-refractivity contribution in [3.63, 3.8) is 0 Å². The molecular formula is C26H32N4O6. The van der Waals surface area contributed by atoms with E-state index in [0.717, 1.165) is 43.0 Å². The van der Waals surface area contributed by atoms with Gasteiger partial charge >= 0.3 is 5.97 Å². The number of aromatic nitrogens is 1. The molecule has 5 N–H and O–H groups in total. The molecule has 1 saturated heterocycles. The number of piperidine rings is 1. The quantitative estimate of drug-likeness (QED) is 0.340. The van der Waals surface area contributed by atoms with Crippen molar-refractivity contribution in [3.8, 4) is 5.75 Å². The van der Waals surface area contributed by atoms with Crippen molar-refractivity contribution in [3.05, 3.63) is 30.0 Å². The summed E-state index contributed by atoms with van der Waals surface area (Å²) >= 11 is 0. The third-order valence-corrected chi connectivity index (χ3v) is 7.70. The fourth-order valence-electron chi connectivity index (χ4n) is 5.12. The van der Waals surface area contributed by atoms with Crippen LogP contribution in [0.5, 0.6) is 5.75 Å². The van der Waals surface area contributed by atoms with E-state index in [0.29, 0.717) is 24.5 Å². The third kappa shape index (κ3) is 5.17. The lowest BCUT2D eigenvalue weighted by atomic mass is 9.87. The Hall–Kier alpha value is -3.56. The highest BCUT2D eigenvalue weighted by molar-refractivity contribution is 6.01. The normalized spacial score (nSPS) is 21.9. The minimum Gasteiger partial charge on any atom is -0.496 e. The van der Waals surface area contributed by atoms with Crippen molar-refractivity contribution < 1.29 is 29.0 Å². The summed E-state index contributed by atoms with van der Waals surface area (Å²) < 4.78 is 5.35. The number of fused-ring (bicyclic) bond motifs is 1. The van der Waals surface area contributed by atoms with Crippen LogP contribution in [0.1, 0.15) is 61.9 Å². The molecule has 3 amide bonds. The van der Waals surface area contributed by atoms with E-state index in [1.54, 1.807) is 19.2 Å².